The first-order valence-electron chi connectivity index (χ1n) is 7.82. The number of hydrogen-bond donors (Lipinski definition) is 2. The van der Waals surface area contributed by atoms with Crippen molar-refractivity contribution in [3.05, 3.63) is 23.4 Å². The van der Waals surface area contributed by atoms with E-state index in [1.807, 2.05) is 6.07 Å². The maximum absolute atomic E-state index is 6.15. The molecular formula is C17H23N5. The number of nitrogens with two attached hydrogens (primary N) is 2. The number of rotatable bonds is 3. The van der Waals surface area contributed by atoms with E-state index in [1.165, 1.54) is 16.8 Å². The van der Waals surface area contributed by atoms with Crippen molar-refractivity contribution >= 4 is 33.6 Å². The molecule has 0 fully saturated rings. The van der Waals surface area contributed by atoms with Gasteiger partial charge in [0.25, 0.3) is 0 Å². The molecule has 2 heterocycles. The number of nitrogens with zero attached hydrogens (tertiary/aromatic N) is 3. The fourth-order valence-electron chi connectivity index (χ4n) is 3.51. The first kappa shape index (κ1) is 14.6. The topological polar surface area (TPSA) is 82.8 Å². The van der Waals surface area contributed by atoms with Gasteiger partial charge < -0.3 is 16.0 Å². The van der Waals surface area contributed by atoms with Gasteiger partial charge in [0.15, 0.2) is 0 Å². The van der Waals surface area contributed by atoms with Gasteiger partial charge in [-0.2, -0.15) is 4.98 Å². The highest BCUT2D eigenvalue weighted by atomic mass is 15.0. The zero-order chi connectivity index (χ0) is 16.0. The van der Waals surface area contributed by atoms with Gasteiger partial charge in [0.2, 0.25) is 5.95 Å². The zero-order valence-electron chi connectivity index (χ0n) is 13.6. The second-order valence-corrected chi connectivity index (χ2v) is 5.87. The fourth-order valence-corrected chi connectivity index (χ4v) is 3.51. The molecule has 0 amide bonds. The molecular weight excluding hydrogens is 274 g/mol. The summed E-state index contributed by atoms with van der Waals surface area (Å²) >= 11 is 0. The third-order valence-corrected chi connectivity index (χ3v) is 4.73. The van der Waals surface area contributed by atoms with E-state index in [-0.39, 0.29) is 5.95 Å². The Labute approximate surface area is 130 Å². The van der Waals surface area contributed by atoms with Crippen LogP contribution < -0.4 is 11.5 Å². The Morgan fingerprint density at radius 2 is 1.73 bits per heavy atom. The molecule has 5 heteroatoms. The lowest BCUT2D eigenvalue weighted by molar-refractivity contribution is 0.477. The van der Waals surface area contributed by atoms with E-state index in [0.717, 1.165) is 29.1 Å². The molecule has 3 aromatic rings. The number of hydrogen-bond acceptors (Lipinski definition) is 4. The number of nitrogen functional groups attached to an aromatic ring is 2. The molecule has 0 atom stereocenters. The van der Waals surface area contributed by atoms with Crippen LogP contribution in [0.25, 0.3) is 21.8 Å². The van der Waals surface area contributed by atoms with E-state index in [1.54, 1.807) is 0 Å². The highest BCUT2D eigenvalue weighted by Gasteiger charge is 2.19. The van der Waals surface area contributed by atoms with Crippen LogP contribution in [0.3, 0.4) is 0 Å². The Kier molecular flexibility index (Phi) is 3.43. The molecule has 0 aliphatic heterocycles. The highest BCUT2D eigenvalue weighted by molar-refractivity contribution is 6.12. The Balaban J connectivity index is 2.48. The number of aryl methyl sites for hydroxylation is 1. The number of benzene rings is 1. The lowest BCUT2D eigenvalue weighted by Crippen LogP contribution is -2.08. The summed E-state index contributed by atoms with van der Waals surface area (Å²) in [6.07, 6.45) is 2.21. The number of aromatic nitrogens is 3. The molecule has 0 spiro atoms. The van der Waals surface area contributed by atoms with E-state index in [9.17, 15) is 0 Å². The van der Waals surface area contributed by atoms with Crippen LogP contribution in [0.1, 0.15) is 44.0 Å². The van der Waals surface area contributed by atoms with E-state index < -0.39 is 0 Å². The van der Waals surface area contributed by atoms with Gasteiger partial charge in [-0.05, 0) is 44.4 Å². The predicted molar refractivity (Wildman–Crippen MR) is 93.0 cm³/mol. The molecule has 0 aliphatic carbocycles. The van der Waals surface area contributed by atoms with Gasteiger partial charge in [-0.1, -0.05) is 13.8 Å². The maximum Gasteiger partial charge on any atom is 0.222 e. The van der Waals surface area contributed by atoms with Gasteiger partial charge in [-0.25, -0.2) is 4.98 Å². The minimum absolute atomic E-state index is 0.221. The molecule has 0 saturated carbocycles. The first-order chi connectivity index (χ1) is 10.5. The van der Waals surface area contributed by atoms with Crippen LogP contribution in [0.15, 0.2) is 12.1 Å². The van der Waals surface area contributed by atoms with Crippen molar-refractivity contribution in [2.75, 3.05) is 11.5 Å². The summed E-state index contributed by atoms with van der Waals surface area (Å²) in [7, 11) is 0. The molecule has 116 valence electrons. The van der Waals surface area contributed by atoms with Gasteiger partial charge in [-0.3, -0.25) is 0 Å². The SMILES string of the molecule is CCC(CC)n1c(C)c(C)c2c3c(N)nc(N)nc3ccc21. The summed E-state index contributed by atoms with van der Waals surface area (Å²) in [6, 6.07) is 4.61. The minimum atomic E-state index is 0.221. The Bertz CT molecular complexity index is 859. The van der Waals surface area contributed by atoms with Crippen molar-refractivity contribution in [3.63, 3.8) is 0 Å². The molecule has 2 aromatic heterocycles. The van der Waals surface area contributed by atoms with Crippen LogP contribution in [0.4, 0.5) is 11.8 Å². The quantitative estimate of drug-likeness (QED) is 0.771. The lowest BCUT2D eigenvalue weighted by atomic mass is 10.1. The normalized spacial score (nSPS) is 11.9. The first-order valence-corrected chi connectivity index (χ1v) is 7.82. The van der Waals surface area contributed by atoms with E-state index in [0.29, 0.717) is 11.9 Å². The Morgan fingerprint density at radius 1 is 1.05 bits per heavy atom. The number of anilines is 2. The fraction of sp³-hybridized carbons (Fsp3) is 0.412. The molecule has 3 rings (SSSR count). The summed E-state index contributed by atoms with van der Waals surface area (Å²) in [4.78, 5) is 8.48. The Morgan fingerprint density at radius 3 is 2.36 bits per heavy atom. The molecule has 0 bridgehead atoms. The second-order valence-electron chi connectivity index (χ2n) is 5.87. The van der Waals surface area contributed by atoms with Gasteiger partial charge in [0.05, 0.1) is 10.9 Å². The largest absolute Gasteiger partial charge is 0.383 e. The monoisotopic (exact) mass is 297 g/mol. The lowest BCUT2D eigenvalue weighted by Gasteiger charge is -2.19. The van der Waals surface area contributed by atoms with E-state index in [4.69, 9.17) is 11.5 Å². The smallest absolute Gasteiger partial charge is 0.222 e. The van der Waals surface area contributed by atoms with Crippen LogP contribution in [0.5, 0.6) is 0 Å². The van der Waals surface area contributed by atoms with Crippen molar-refractivity contribution < 1.29 is 0 Å². The summed E-state index contributed by atoms with van der Waals surface area (Å²) in [5.41, 5.74) is 16.4. The molecule has 1 aromatic carbocycles. The minimum Gasteiger partial charge on any atom is -0.383 e. The van der Waals surface area contributed by atoms with Crippen LogP contribution >= 0.6 is 0 Å². The van der Waals surface area contributed by atoms with Crippen molar-refractivity contribution in [2.24, 2.45) is 0 Å². The molecule has 4 N–H and O–H groups in total. The second kappa shape index (κ2) is 5.16. The summed E-state index contributed by atoms with van der Waals surface area (Å²) in [6.45, 7) is 8.78. The van der Waals surface area contributed by atoms with Gasteiger partial charge in [-0.15, -0.1) is 0 Å². The average Bonchev–Trinajstić information content (AvgIpc) is 2.73. The van der Waals surface area contributed by atoms with E-state index >= 15 is 0 Å². The Hall–Kier alpha value is -2.30. The third kappa shape index (κ3) is 1.92. The number of fused-ring (bicyclic) bond motifs is 3. The van der Waals surface area contributed by atoms with Crippen LogP contribution in [0.2, 0.25) is 0 Å². The zero-order valence-corrected chi connectivity index (χ0v) is 13.6. The predicted octanol–water partition coefficient (Wildman–Crippen LogP) is 3.73. The van der Waals surface area contributed by atoms with Crippen LogP contribution in [0, 0.1) is 13.8 Å². The summed E-state index contributed by atoms with van der Waals surface area (Å²) in [5.74, 6) is 0.677. The van der Waals surface area contributed by atoms with Crippen molar-refractivity contribution in [1.82, 2.24) is 14.5 Å². The third-order valence-electron chi connectivity index (χ3n) is 4.73. The molecule has 0 radical (unpaired) electrons. The molecule has 0 unspecified atom stereocenters. The molecule has 0 aliphatic rings. The molecule has 0 saturated heterocycles. The van der Waals surface area contributed by atoms with Gasteiger partial charge in [0.1, 0.15) is 5.82 Å². The summed E-state index contributed by atoms with van der Waals surface area (Å²) < 4.78 is 2.43. The highest BCUT2D eigenvalue weighted by Crippen LogP contribution is 2.37. The average molecular weight is 297 g/mol. The molecule has 22 heavy (non-hydrogen) atoms. The van der Waals surface area contributed by atoms with Gasteiger partial charge >= 0.3 is 0 Å². The van der Waals surface area contributed by atoms with Gasteiger partial charge in [0, 0.05) is 22.6 Å². The van der Waals surface area contributed by atoms with Crippen molar-refractivity contribution in [2.45, 2.75) is 46.6 Å². The van der Waals surface area contributed by atoms with Crippen molar-refractivity contribution in [1.29, 1.82) is 0 Å². The summed E-state index contributed by atoms with van der Waals surface area (Å²) in [5, 5.41) is 2.07. The standard InChI is InChI=1S/C17H23N5/c1-5-11(6-2)22-10(4)9(3)14-13(22)8-7-12-15(14)16(18)21-17(19)20-12/h7-8,11H,5-6H2,1-4H3,(H4,18,19,20,21). The van der Waals surface area contributed by atoms with Crippen molar-refractivity contribution in [3.8, 4) is 0 Å². The molecule has 5 nitrogen and oxygen atoms in total. The van der Waals surface area contributed by atoms with Crippen LogP contribution in [-0.4, -0.2) is 14.5 Å². The maximum atomic E-state index is 6.15. The van der Waals surface area contributed by atoms with Crippen LogP contribution in [-0.2, 0) is 0 Å². The van der Waals surface area contributed by atoms with E-state index in [2.05, 4.69) is 48.3 Å².